The zero-order valence-corrected chi connectivity index (χ0v) is 40.2. The second kappa shape index (κ2) is 22.1. The first-order chi connectivity index (χ1) is 30.0. The van der Waals surface area contributed by atoms with E-state index in [-0.39, 0.29) is 54.1 Å². The first-order valence-electron chi connectivity index (χ1n) is 21.0. The molecule has 6 heterocycles. The van der Waals surface area contributed by atoms with Crippen molar-refractivity contribution < 1.29 is 27.5 Å². The molecule has 2 aliphatic rings. The number of hydrogen-bond donors (Lipinski definition) is 4. The molecule has 0 unspecified atom stereocenters. The monoisotopic (exact) mass is 938 g/mol. The summed E-state index contributed by atoms with van der Waals surface area (Å²) in [5.74, 6) is 2.75. The number of anilines is 4. The van der Waals surface area contributed by atoms with Crippen LogP contribution in [0.25, 0.3) is 22.8 Å². The van der Waals surface area contributed by atoms with Gasteiger partial charge >= 0.3 is 0 Å². The molecule has 0 aromatic carbocycles. The van der Waals surface area contributed by atoms with Gasteiger partial charge in [-0.3, -0.25) is 9.59 Å². The lowest BCUT2D eigenvalue weighted by atomic mass is 10.1. The van der Waals surface area contributed by atoms with E-state index >= 15 is 0 Å². The summed E-state index contributed by atoms with van der Waals surface area (Å²) in [7, 11) is -4.88. The van der Waals surface area contributed by atoms with Crippen molar-refractivity contribution >= 4 is 66.2 Å². The van der Waals surface area contributed by atoms with Crippen LogP contribution in [-0.2, 0) is 28.9 Å². The fraction of sp³-hybridized carbons (Fsp3) is 0.535. The number of nitrogens with two attached hydrogens (primary N) is 1. The molecular weight excluding hydrogens is 873 g/mol. The van der Waals surface area contributed by atoms with Crippen molar-refractivity contribution in [2.45, 2.75) is 73.5 Å². The van der Waals surface area contributed by atoms with Crippen molar-refractivity contribution in [2.24, 2.45) is 8.73 Å². The molecule has 0 saturated carbocycles. The van der Waals surface area contributed by atoms with Crippen LogP contribution >= 0.6 is 0 Å². The lowest BCUT2D eigenvalue weighted by Gasteiger charge is -2.34. The standard InChI is InChI=1S/C23H35N7O3S.C19H27N7O3S.CH4/c1-8-24-22(31)17-11-16(12-18(25-17)28-23(3,4)5)21-26-19(29-34(6,7)32)13-20(27-21)30-9-10-33-14-15(30)2;1-5-21-19(27)14-8-13(9-15(20)22-14)18-23-16(25-30(3,4)28)10-17(24-18)26-6-7-29-11-12(26)2;/h11-13,15H,8-10,14H2,1-7H3,(H,24,31)(H,25,28);8-10,12H,5-7,11H2,1-4H3,(H2,20,22)(H,21,27);1H4/t15-;12-;/m11./s1. The Labute approximate surface area is 384 Å². The second-order valence-corrected chi connectivity index (χ2v) is 22.1. The lowest BCUT2D eigenvalue weighted by molar-refractivity contribution is 0.0943. The van der Waals surface area contributed by atoms with E-state index in [0.717, 1.165) is 0 Å². The van der Waals surface area contributed by atoms with Crippen LogP contribution in [0.5, 0.6) is 0 Å². The van der Waals surface area contributed by atoms with Gasteiger partial charge in [0.2, 0.25) is 0 Å². The van der Waals surface area contributed by atoms with Crippen LogP contribution in [0.4, 0.5) is 34.9 Å². The number of carbonyl (C=O) groups excluding carboxylic acids is 2. The zero-order valence-electron chi connectivity index (χ0n) is 38.6. The first kappa shape index (κ1) is 52.0. The molecule has 2 atom stereocenters. The molecule has 0 bridgehead atoms. The molecule has 2 amide bonds. The van der Waals surface area contributed by atoms with E-state index in [4.69, 9.17) is 20.2 Å². The van der Waals surface area contributed by atoms with Gasteiger partial charge in [0.05, 0.1) is 38.5 Å². The van der Waals surface area contributed by atoms with Gasteiger partial charge in [0.15, 0.2) is 23.3 Å². The molecule has 20 nitrogen and oxygen atoms in total. The number of amides is 2. The summed E-state index contributed by atoms with van der Waals surface area (Å²) in [6.07, 6.45) is 6.22. The Hall–Kier alpha value is -5.58. The normalized spacial score (nSPS) is 16.6. The predicted molar refractivity (Wildman–Crippen MR) is 260 cm³/mol. The number of morpholine rings is 2. The molecule has 356 valence electrons. The van der Waals surface area contributed by atoms with Crippen LogP contribution in [0.2, 0.25) is 0 Å². The van der Waals surface area contributed by atoms with Crippen LogP contribution in [0.1, 0.15) is 76.9 Å². The Morgan fingerprint density at radius 3 is 1.54 bits per heavy atom. The van der Waals surface area contributed by atoms with Gasteiger partial charge in [0, 0.05) is 99.5 Å². The Morgan fingerprint density at radius 1 is 0.708 bits per heavy atom. The fourth-order valence-electron chi connectivity index (χ4n) is 6.60. The topological polar surface area (TPSA) is 257 Å². The average Bonchev–Trinajstić information content (AvgIpc) is 3.19. The van der Waals surface area contributed by atoms with E-state index in [1.54, 1.807) is 55.4 Å². The van der Waals surface area contributed by atoms with Gasteiger partial charge in [-0.05, 0) is 72.7 Å². The molecule has 2 aliphatic heterocycles. The van der Waals surface area contributed by atoms with Crippen molar-refractivity contribution in [2.75, 3.05) is 98.5 Å². The van der Waals surface area contributed by atoms with Gasteiger partial charge in [0.1, 0.15) is 34.7 Å². The number of nitrogens with one attached hydrogen (secondary N) is 3. The smallest absolute Gasteiger partial charge is 0.269 e. The molecule has 5 N–H and O–H groups in total. The van der Waals surface area contributed by atoms with Gasteiger partial charge in [-0.1, -0.05) is 7.43 Å². The molecule has 2 fully saturated rings. The van der Waals surface area contributed by atoms with Gasteiger partial charge in [-0.15, -0.1) is 0 Å². The maximum Gasteiger partial charge on any atom is 0.269 e. The summed E-state index contributed by atoms with van der Waals surface area (Å²) in [5.41, 5.74) is 7.23. The molecule has 22 heteroatoms. The summed E-state index contributed by atoms with van der Waals surface area (Å²) in [6, 6.07) is 10.3. The predicted octanol–water partition coefficient (Wildman–Crippen LogP) is 5.17. The highest BCUT2D eigenvalue weighted by atomic mass is 32.2. The molecule has 0 spiro atoms. The number of carbonyl (C=O) groups is 2. The highest BCUT2D eigenvalue weighted by Gasteiger charge is 2.25. The number of hydrogen-bond acceptors (Lipinski definition) is 18. The van der Waals surface area contributed by atoms with Gasteiger partial charge in [0.25, 0.3) is 11.8 Å². The van der Waals surface area contributed by atoms with E-state index in [2.05, 4.69) is 66.3 Å². The number of nitrogen functional groups attached to an aromatic ring is 1. The third-order valence-electron chi connectivity index (χ3n) is 9.18. The number of pyridine rings is 2. The molecule has 4 aromatic heterocycles. The van der Waals surface area contributed by atoms with E-state index in [0.29, 0.717) is 104 Å². The van der Waals surface area contributed by atoms with Gasteiger partial charge in [-0.25, -0.2) is 38.3 Å². The number of rotatable bonds is 11. The maximum absolute atomic E-state index is 12.6. The Kier molecular flexibility index (Phi) is 17.7. The Bertz CT molecular complexity index is 2570. The van der Waals surface area contributed by atoms with Crippen molar-refractivity contribution in [3.8, 4) is 22.8 Å². The number of aromatic nitrogens is 6. The summed E-state index contributed by atoms with van der Waals surface area (Å²) in [4.78, 5) is 56.2. The van der Waals surface area contributed by atoms with Crippen molar-refractivity contribution in [1.29, 1.82) is 0 Å². The van der Waals surface area contributed by atoms with E-state index in [1.807, 2.05) is 47.6 Å². The Morgan fingerprint density at radius 2 is 1.14 bits per heavy atom. The van der Waals surface area contributed by atoms with Crippen molar-refractivity contribution in [1.82, 2.24) is 40.5 Å². The maximum atomic E-state index is 12.6. The van der Waals surface area contributed by atoms with Crippen LogP contribution in [-0.4, -0.2) is 145 Å². The minimum absolute atomic E-state index is 0. The number of ether oxygens (including phenoxy) is 2. The molecule has 0 aliphatic carbocycles. The summed E-state index contributed by atoms with van der Waals surface area (Å²) in [6.45, 7) is 18.4. The summed E-state index contributed by atoms with van der Waals surface area (Å²) < 4.78 is 44.4. The third kappa shape index (κ3) is 15.5. The molecule has 0 radical (unpaired) electrons. The lowest BCUT2D eigenvalue weighted by Crippen LogP contribution is -2.44. The molecule has 4 aromatic rings. The van der Waals surface area contributed by atoms with Gasteiger partial charge < -0.3 is 41.0 Å². The minimum atomic E-state index is -2.45. The Balaban J connectivity index is 0.000000282. The highest BCUT2D eigenvalue weighted by molar-refractivity contribution is 7.92. The van der Waals surface area contributed by atoms with Crippen LogP contribution in [0.15, 0.2) is 45.1 Å². The molecule has 2 saturated heterocycles. The van der Waals surface area contributed by atoms with E-state index in [9.17, 15) is 18.0 Å². The second-order valence-electron chi connectivity index (χ2n) is 17.0. The van der Waals surface area contributed by atoms with E-state index < -0.39 is 19.5 Å². The third-order valence-corrected chi connectivity index (χ3v) is 10.4. The minimum Gasteiger partial charge on any atom is -0.384 e. The molecule has 6 rings (SSSR count). The quantitative estimate of drug-likeness (QED) is 0.151. The molecular formula is C43H66N14O6S2. The zero-order chi connectivity index (χ0) is 47.0. The van der Waals surface area contributed by atoms with Crippen LogP contribution < -0.4 is 31.5 Å². The summed E-state index contributed by atoms with van der Waals surface area (Å²) in [5, 5.41) is 8.82. The summed E-state index contributed by atoms with van der Waals surface area (Å²) >= 11 is 0. The van der Waals surface area contributed by atoms with E-state index in [1.165, 1.54) is 0 Å². The average molecular weight is 939 g/mol. The molecule has 65 heavy (non-hydrogen) atoms. The fourth-order valence-corrected chi connectivity index (χ4v) is 7.69. The first-order valence-corrected chi connectivity index (χ1v) is 25.6. The van der Waals surface area contributed by atoms with Gasteiger partial charge in [-0.2, -0.15) is 8.73 Å². The number of nitrogens with zero attached hydrogens (tertiary/aromatic N) is 10. The van der Waals surface area contributed by atoms with Crippen molar-refractivity contribution in [3.05, 3.63) is 47.8 Å². The largest absolute Gasteiger partial charge is 0.384 e. The highest BCUT2D eigenvalue weighted by Crippen LogP contribution is 2.30. The van der Waals surface area contributed by atoms with Crippen molar-refractivity contribution in [3.63, 3.8) is 0 Å². The SMILES string of the molecule is C.CCNC(=O)c1cc(-c2nc(N=S(C)(C)=O)cc(N3CCOC[C@H]3C)n2)cc(N)n1.CCNC(=O)c1cc(-c2nc(N=S(C)(C)=O)cc(N3CCOC[C@H]3C)n2)cc(NC(C)(C)C)n1. The van der Waals surface area contributed by atoms with Crippen LogP contribution in [0, 0.1) is 0 Å². The van der Waals surface area contributed by atoms with Crippen LogP contribution in [0.3, 0.4) is 0 Å².